The van der Waals surface area contributed by atoms with Crippen molar-refractivity contribution in [1.82, 2.24) is 10.6 Å². The molecule has 0 saturated heterocycles. The van der Waals surface area contributed by atoms with Gasteiger partial charge in [-0.25, -0.2) is 8.78 Å². The van der Waals surface area contributed by atoms with Gasteiger partial charge in [0.05, 0.1) is 16.7 Å². The van der Waals surface area contributed by atoms with Crippen molar-refractivity contribution in [2.45, 2.75) is 50.1 Å². The molecule has 184 valence electrons. The first kappa shape index (κ1) is 26.0. The van der Waals surface area contributed by atoms with Gasteiger partial charge in [0, 0.05) is 23.2 Å². The monoisotopic (exact) mass is 514 g/mol. The van der Waals surface area contributed by atoms with Crippen LogP contribution in [0.15, 0.2) is 36.4 Å². The third-order valence-electron chi connectivity index (χ3n) is 6.07. The molecule has 0 aliphatic heterocycles. The number of hydrogen-bond donors (Lipinski definition) is 2. The van der Waals surface area contributed by atoms with E-state index in [0.717, 1.165) is 44.6 Å². The van der Waals surface area contributed by atoms with Crippen molar-refractivity contribution in [2.24, 2.45) is 0 Å². The van der Waals surface area contributed by atoms with Gasteiger partial charge >= 0.3 is 0 Å². The van der Waals surface area contributed by atoms with Gasteiger partial charge in [-0.1, -0.05) is 23.2 Å². The molecule has 0 unspecified atom stereocenters. The largest absolute Gasteiger partial charge is 0.494 e. The Morgan fingerprint density at radius 2 is 1.50 bits per heavy atom. The first-order valence-corrected chi connectivity index (χ1v) is 11.6. The number of nitrogens with one attached hydrogen (secondary N) is 2. The lowest BCUT2D eigenvalue weighted by Gasteiger charge is -2.28. The average molecular weight is 515 g/mol. The zero-order chi connectivity index (χ0) is 24.8. The predicted molar refractivity (Wildman–Crippen MR) is 125 cm³/mol. The van der Waals surface area contributed by atoms with Gasteiger partial charge in [0.25, 0.3) is 5.91 Å². The first-order chi connectivity index (χ1) is 16.2. The lowest BCUT2D eigenvalue weighted by atomic mass is 9.91. The van der Waals surface area contributed by atoms with Crippen LogP contribution in [0.1, 0.15) is 39.0 Å². The molecular weight excluding hydrogens is 489 g/mol. The summed E-state index contributed by atoms with van der Waals surface area (Å²) >= 11 is 11.0. The number of halogens is 4. The summed E-state index contributed by atoms with van der Waals surface area (Å²) in [7, 11) is 0. The van der Waals surface area contributed by atoms with Gasteiger partial charge in [-0.3, -0.25) is 9.59 Å². The number of fused-ring (bicyclic) bond motifs is 2. The fraction of sp³-hybridized carbons (Fsp3) is 0.417. The zero-order valence-electron chi connectivity index (χ0n) is 18.6. The van der Waals surface area contributed by atoms with E-state index in [1.54, 1.807) is 6.07 Å². The maximum absolute atomic E-state index is 13.3. The smallest absolute Gasteiger partial charge is 0.258 e. The van der Waals surface area contributed by atoms with E-state index in [1.165, 1.54) is 24.3 Å². The van der Waals surface area contributed by atoms with E-state index < -0.39 is 11.6 Å². The molecule has 2 saturated carbocycles. The van der Waals surface area contributed by atoms with E-state index >= 15 is 0 Å². The summed E-state index contributed by atoms with van der Waals surface area (Å²) in [6, 6.07) is 8.43. The standard InChI is InChI=1S/C16H18ClFN2O3.C8H8ClFO/c17-12-2-1-11(7-13(12)18)23-8-14(22)20-16-5-3-15(9-16,4-6-16)19-10-21;1-2-11-6-3-4-7(9)8(10)5-6/h1-2,7,10H,3-6,8-9H2,(H,19,21)(H,20,22);3-5H,2H2,1H3. The average Bonchev–Trinajstić information content (AvgIpc) is 3.33. The van der Waals surface area contributed by atoms with E-state index in [9.17, 15) is 18.4 Å². The van der Waals surface area contributed by atoms with Crippen molar-refractivity contribution in [3.05, 3.63) is 58.1 Å². The molecular formula is C24H26Cl2F2N2O4. The second-order valence-corrected chi connectivity index (χ2v) is 9.24. The van der Waals surface area contributed by atoms with Crippen molar-refractivity contribution >= 4 is 35.5 Å². The van der Waals surface area contributed by atoms with Crippen molar-refractivity contribution in [3.63, 3.8) is 0 Å². The maximum atomic E-state index is 13.3. The molecule has 34 heavy (non-hydrogen) atoms. The molecule has 2 bridgehead atoms. The molecule has 2 aliphatic carbocycles. The Kier molecular flexibility index (Phi) is 8.60. The Hall–Kier alpha value is -2.58. The third-order valence-corrected chi connectivity index (χ3v) is 6.69. The van der Waals surface area contributed by atoms with Crippen LogP contribution in [-0.2, 0) is 9.59 Å². The van der Waals surface area contributed by atoms with E-state index in [1.807, 2.05) is 6.92 Å². The van der Waals surface area contributed by atoms with Gasteiger partial charge in [0.1, 0.15) is 23.1 Å². The van der Waals surface area contributed by atoms with Crippen molar-refractivity contribution in [1.29, 1.82) is 0 Å². The molecule has 10 heteroatoms. The number of carbonyl (C=O) groups is 2. The second kappa shape index (κ2) is 11.2. The minimum Gasteiger partial charge on any atom is -0.494 e. The zero-order valence-corrected chi connectivity index (χ0v) is 20.1. The van der Waals surface area contributed by atoms with Crippen molar-refractivity contribution < 1.29 is 27.8 Å². The molecule has 0 spiro atoms. The van der Waals surface area contributed by atoms with E-state index in [-0.39, 0.29) is 39.4 Å². The van der Waals surface area contributed by atoms with Crippen LogP contribution in [0.25, 0.3) is 0 Å². The van der Waals surface area contributed by atoms with E-state index in [0.29, 0.717) is 12.4 Å². The van der Waals surface area contributed by atoms with Gasteiger partial charge in [0.2, 0.25) is 6.41 Å². The number of carbonyl (C=O) groups excluding carboxylic acids is 2. The highest BCUT2D eigenvalue weighted by molar-refractivity contribution is 6.31. The molecule has 6 nitrogen and oxygen atoms in total. The van der Waals surface area contributed by atoms with Crippen LogP contribution in [0.4, 0.5) is 8.78 Å². The molecule has 2 aromatic carbocycles. The summed E-state index contributed by atoms with van der Waals surface area (Å²) in [6.07, 6.45) is 4.91. The minimum absolute atomic E-state index is 0.0108. The van der Waals surface area contributed by atoms with Crippen LogP contribution in [0.3, 0.4) is 0 Å². The van der Waals surface area contributed by atoms with Crippen LogP contribution >= 0.6 is 23.2 Å². The van der Waals surface area contributed by atoms with E-state index in [4.69, 9.17) is 32.7 Å². The molecule has 4 rings (SSSR count). The van der Waals surface area contributed by atoms with Crippen LogP contribution in [0, 0.1) is 11.6 Å². The van der Waals surface area contributed by atoms with Crippen molar-refractivity contribution in [3.8, 4) is 11.5 Å². The maximum Gasteiger partial charge on any atom is 0.258 e. The molecule has 0 radical (unpaired) electrons. The molecule has 0 aromatic heterocycles. The topological polar surface area (TPSA) is 76.7 Å². The number of rotatable bonds is 8. The Balaban J connectivity index is 0.000000248. The van der Waals surface area contributed by atoms with Crippen LogP contribution < -0.4 is 20.1 Å². The number of hydrogen-bond acceptors (Lipinski definition) is 4. The number of benzene rings is 2. The summed E-state index contributed by atoms with van der Waals surface area (Å²) in [6.45, 7) is 2.19. The van der Waals surface area contributed by atoms with Gasteiger partial charge in [-0.15, -0.1) is 0 Å². The normalized spacial score (nSPS) is 22.4. The molecule has 2 fully saturated rings. The molecule has 2 aromatic rings. The van der Waals surface area contributed by atoms with Gasteiger partial charge in [-0.05, 0) is 63.3 Å². The second-order valence-electron chi connectivity index (χ2n) is 8.42. The Morgan fingerprint density at radius 3 is 2.00 bits per heavy atom. The highest BCUT2D eigenvalue weighted by Gasteiger charge is 2.54. The van der Waals surface area contributed by atoms with Gasteiger partial charge < -0.3 is 20.1 Å². The molecule has 2 N–H and O–H groups in total. The Morgan fingerprint density at radius 1 is 0.971 bits per heavy atom. The van der Waals surface area contributed by atoms with Crippen LogP contribution in [0.2, 0.25) is 10.0 Å². The predicted octanol–water partition coefficient (Wildman–Crippen LogP) is 5.05. The van der Waals surface area contributed by atoms with E-state index in [2.05, 4.69) is 10.6 Å². The molecule has 0 heterocycles. The first-order valence-electron chi connectivity index (χ1n) is 10.9. The molecule has 2 aliphatic rings. The summed E-state index contributed by atoms with van der Waals surface area (Å²) in [5, 5.41) is 6.05. The van der Waals surface area contributed by atoms with Crippen LogP contribution in [-0.4, -0.2) is 36.6 Å². The van der Waals surface area contributed by atoms with Crippen LogP contribution in [0.5, 0.6) is 11.5 Å². The summed E-state index contributed by atoms with van der Waals surface area (Å²) < 4.78 is 36.4. The Labute approximate surface area is 206 Å². The number of ether oxygens (including phenoxy) is 2. The summed E-state index contributed by atoms with van der Waals surface area (Å²) in [5.74, 6) is -0.509. The minimum atomic E-state index is -0.584. The lowest BCUT2D eigenvalue weighted by molar-refractivity contribution is -0.125. The van der Waals surface area contributed by atoms with Gasteiger partial charge in [0.15, 0.2) is 6.61 Å². The summed E-state index contributed by atoms with van der Waals surface area (Å²) in [5.41, 5.74) is -0.434. The Bertz CT molecular complexity index is 1030. The number of amides is 2. The van der Waals surface area contributed by atoms with Gasteiger partial charge in [-0.2, -0.15) is 0 Å². The highest BCUT2D eigenvalue weighted by atomic mass is 35.5. The third kappa shape index (κ3) is 6.51. The quantitative estimate of drug-likeness (QED) is 0.483. The molecule has 0 atom stereocenters. The fourth-order valence-electron chi connectivity index (χ4n) is 4.48. The molecule has 2 amide bonds. The van der Waals surface area contributed by atoms with Crippen molar-refractivity contribution in [2.75, 3.05) is 13.2 Å². The summed E-state index contributed by atoms with van der Waals surface area (Å²) in [4.78, 5) is 22.8. The lowest BCUT2D eigenvalue weighted by Crippen LogP contribution is -2.47. The fourth-order valence-corrected chi connectivity index (χ4v) is 4.71. The SMILES string of the molecule is CCOc1ccc(Cl)c(F)c1.O=CNC12CCC(NC(=O)COc3ccc(Cl)c(F)c3)(CC1)C2. The highest BCUT2D eigenvalue weighted by Crippen LogP contribution is 2.50.